The SMILES string of the molecule is CC(C)C[C@H]1NC(=O)N(CC(=O)Nc2ccc(OC(F)(F)F)cc2)C1=O. The van der Waals surface area contributed by atoms with Gasteiger partial charge in [-0.3, -0.25) is 14.5 Å². The molecule has 1 saturated heterocycles. The molecule has 0 aliphatic carbocycles. The highest BCUT2D eigenvalue weighted by molar-refractivity contribution is 6.07. The maximum Gasteiger partial charge on any atom is 0.573 e. The fourth-order valence-electron chi connectivity index (χ4n) is 2.44. The van der Waals surface area contributed by atoms with Crippen LogP contribution < -0.4 is 15.4 Å². The van der Waals surface area contributed by atoms with Crippen molar-refractivity contribution < 1.29 is 32.3 Å². The monoisotopic (exact) mass is 373 g/mol. The van der Waals surface area contributed by atoms with Crippen LogP contribution in [0.5, 0.6) is 5.75 Å². The van der Waals surface area contributed by atoms with E-state index in [0.29, 0.717) is 6.42 Å². The molecule has 0 unspecified atom stereocenters. The first kappa shape index (κ1) is 19.5. The van der Waals surface area contributed by atoms with E-state index in [4.69, 9.17) is 0 Å². The zero-order valence-electron chi connectivity index (χ0n) is 14.1. The quantitative estimate of drug-likeness (QED) is 0.750. The number of hydrogen-bond donors (Lipinski definition) is 2. The van der Waals surface area contributed by atoms with Gasteiger partial charge in [0.05, 0.1) is 0 Å². The second-order valence-electron chi connectivity index (χ2n) is 6.18. The van der Waals surface area contributed by atoms with E-state index in [9.17, 15) is 27.6 Å². The van der Waals surface area contributed by atoms with Crippen molar-refractivity contribution in [2.24, 2.45) is 5.92 Å². The molecule has 1 aromatic rings. The van der Waals surface area contributed by atoms with Gasteiger partial charge in [-0.15, -0.1) is 13.2 Å². The van der Waals surface area contributed by atoms with Gasteiger partial charge in [-0.25, -0.2) is 4.79 Å². The van der Waals surface area contributed by atoms with Crippen LogP contribution in [0.1, 0.15) is 20.3 Å². The number of carbonyl (C=O) groups is 3. The number of ether oxygens (including phenoxy) is 1. The van der Waals surface area contributed by atoms with Gasteiger partial charge in [0, 0.05) is 5.69 Å². The van der Waals surface area contributed by atoms with E-state index in [0.717, 1.165) is 17.0 Å². The van der Waals surface area contributed by atoms with Crippen molar-refractivity contribution in [3.63, 3.8) is 0 Å². The van der Waals surface area contributed by atoms with Crippen molar-refractivity contribution in [1.82, 2.24) is 10.2 Å². The number of imide groups is 1. The number of hydrogen-bond acceptors (Lipinski definition) is 4. The third kappa shape index (κ3) is 5.36. The Hall–Kier alpha value is -2.78. The summed E-state index contributed by atoms with van der Waals surface area (Å²) in [4.78, 5) is 36.8. The van der Waals surface area contributed by atoms with Crippen molar-refractivity contribution >= 4 is 23.5 Å². The molecular weight excluding hydrogens is 355 g/mol. The van der Waals surface area contributed by atoms with Gasteiger partial charge < -0.3 is 15.4 Å². The molecule has 7 nitrogen and oxygen atoms in total. The molecule has 1 atom stereocenters. The Labute approximate surface area is 147 Å². The second kappa shape index (κ2) is 7.63. The molecule has 1 aliphatic heterocycles. The first-order valence-corrected chi connectivity index (χ1v) is 7.82. The number of halogens is 3. The van der Waals surface area contributed by atoms with Gasteiger partial charge in [-0.05, 0) is 36.6 Å². The summed E-state index contributed by atoms with van der Waals surface area (Å²) in [5, 5.41) is 4.92. The molecule has 1 aliphatic rings. The number of carbonyl (C=O) groups excluding carboxylic acids is 3. The van der Waals surface area contributed by atoms with Crippen molar-refractivity contribution in [2.45, 2.75) is 32.7 Å². The smallest absolute Gasteiger partial charge is 0.406 e. The number of nitrogens with zero attached hydrogens (tertiary/aromatic N) is 1. The molecule has 0 bridgehead atoms. The fourth-order valence-corrected chi connectivity index (χ4v) is 2.44. The lowest BCUT2D eigenvalue weighted by Crippen LogP contribution is -2.38. The summed E-state index contributed by atoms with van der Waals surface area (Å²) >= 11 is 0. The maximum absolute atomic E-state index is 12.2. The van der Waals surface area contributed by atoms with Crippen molar-refractivity contribution in [3.05, 3.63) is 24.3 Å². The summed E-state index contributed by atoms with van der Waals surface area (Å²) in [7, 11) is 0. The summed E-state index contributed by atoms with van der Waals surface area (Å²) in [5.41, 5.74) is 0.204. The number of urea groups is 1. The predicted octanol–water partition coefficient (Wildman–Crippen LogP) is 2.49. The minimum absolute atomic E-state index is 0.190. The van der Waals surface area contributed by atoms with Crippen molar-refractivity contribution in [2.75, 3.05) is 11.9 Å². The Balaban J connectivity index is 1.92. The standard InChI is InChI=1S/C16H18F3N3O4/c1-9(2)7-12-14(24)22(15(25)21-12)8-13(23)20-10-3-5-11(6-4-10)26-16(17,18)19/h3-6,9,12H,7-8H2,1-2H3,(H,20,23)(H,21,25)/t12-/m1/s1. The predicted molar refractivity (Wildman–Crippen MR) is 85.2 cm³/mol. The largest absolute Gasteiger partial charge is 0.573 e. The Morgan fingerprint density at radius 2 is 1.88 bits per heavy atom. The molecule has 0 spiro atoms. The van der Waals surface area contributed by atoms with Crippen LogP contribution in [0.3, 0.4) is 0 Å². The Bertz CT molecular complexity index is 689. The van der Waals surface area contributed by atoms with E-state index < -0.39 is 42.5 Å². The van der Waals surface area contributed by atoms with Crippen LogP contribution in [0.25, 0.3) is 0 Å². The summed E-state index contributed by atoms with van der Waals surface area (Å²) in [6.45, 7) is 3.32. The molecule has 1 heterocycles. The summed E-state index contributed by atoms with van der Waals surface area (Å²) in [6, 6.07) is 3.20. The van der Waals surface area contributed by atoms with E-state index in [1.807, 2.05) is 13.8 Å². The first-order chi connectivity index (χ1) is 12.0. The molecule has 0 radical (unpaired) electrons. The molecule has 2 rings (SSSR count). The maximum atomic E-state index is 12.2. The molecule has 4 amide bonds. The van der Waals surface area contributed by atoms with Crippen LogP contribution in [0, 0.1) is 5.92 Å². The number of rotatable bonds is 6. The van der Waals surface area contributed by atoms with E-state index in [1.54, 1.807) is 0 Å². The fraction of sp³-hybridized carbons (Fsp3) is 0.438. The highest BCUT2D eigenvalue weighted by Gasteiger charge is 2.39. The van der Waals surface area contributed by atoms with E-state index in [-0.39, 0.29) is 11.6 Å². The summed E-state index contributed by atoms with van der Waals surface area (Å²) in [5.74, 6) is -1.37. The van der Waals surface area contributed by atoms with Gasteiger partial charge in [0.25, 0.3) is 5.91 Å². The van der Waals surface area contributed by atoms with Gasteiger partial charge in [-0.2, -0.15) is 0 Å². The number of anilines is 1. The van der Waals surface area contributed by atoms with Gasteiger partial charge in [0.2, 0.25) is 5.91 Å². The van der Waals surface area contributed by atoms with Crippen molar-refractivity contribution in [3.8, 4) is 5.75 Å². The second-order valence-corrected chi connectivity index (χ2v) is 6.18. The zero-order valence-corrected chi connectivity index (χ0v) is 14.1. The van der Waals surface area contributed by atoms with Gasteiger partial charge >= 0.3 is 12.4 Å². The minimum Gasteiger partial charge on any atom is -0.406 e. The molecule has 1 aromatic carbocycles. The number of alkyl halides is 3. The number of benzene rings is 1. The lowest BCUT2D eigenvalue weighted by atomic mass is 10.0. The van der Waals surface area contributed by atoms with Crippen LogP contribution in [0.4, 0.5) is 23.7 Å². The molecule has 1 fully saturated rings. The third-order valence-corrected chi connectivity index (χ3v) is 3.49. The Morgan fingerprint density at radius 1 is 1.27 bits per heavy atom. The minimum atomic E-state index is -4.80. The van der Waals surface area contributed by atoms with Gasteiger partial charge in [0.15, 0.2) is 0 Å². The highest BCUT2D eigenvalue weighted by atomic mass is 19.4. The van der Waals surface area contributed by atoms with Crippen LogP contribution >= 0.6 is 0 Å². The average Bonchev–Trinajstić information content (AvgIpc) is 2.75. The van der Waals surface area contributed by atoms with Crippen LogP contribution in [-0.2, 0) is 9.59 Å². The van der Waals surface area contributed by atoms with E-state index in [1.165, 1.54) is 12.1 Å². The van der Waals surface area contributed by atoms with E-state index in [2.05, 4.69) is 15.4 Å². The molecule has 10 heteroatoms. The van der Waals surface area contributed by atoms with E-state index >= 15 is 0 Å². The normalized spacial score (nSPS) is 17.5. The highest BCUT2D eigenvalue weighted by Crippen LogP contribution is 2.24. The van der Waals surface area contributed by atoms with Crippen molar-refractivity contribution in [1.29, 1.82) is 0 Å². The molecule has 0 saturated carbocycles. The van der Waals surface area contributed by atoms with Crippen LogP contribution in [0.2, 0.25) is 0 Å². The van der Waals surface area contributed by atoms with Gasteiger partial charge in [-0.1, -0.05) is 13.8 Å². The van der Waals surface area contributed by atoms with Crippen LogP contribution in [0.15, 0.2) is 24.3 Å². The number of nitrogens with one attached hydrogen (secondary N) is 2. The molecule has 142 valence electrons. The molecular formula is C16H18F3N3O4. The van der Waals surface area contributed by atoms with Gasteiger partial charge in [0.1, 0.15) is 18.3 Å². The Kier molecular flexibility index (Phi) is 5.73. The third-order valence-electron chi connectivity index (χ3n) is 3.49. The first-order valence-electron chi connectivity index (χ1n) is 7.82. The molecule has 26 heavy (non-hydrogen) atoms. The topological polar surface area (TPSA) is 87.7 Å². The molecule has 2 N–H and O–H groups in total. The molecule has 0 aromatic heterocycles. The number of amides is 4. The summed E-state index contributed by atoms with van der Waals surface area (Å²) in [6.07, 6.45) is -4.34. The lowest BCUT2D eigenvalue weighted by Gasteiger charge is -2.14. The average molecular weight is 373 g/mol. The zero-order chi connectivity index (χ0) is 19.5. The lowest BCUT2D eigenvalue weighted by molar-refractivity contribution is -0.274. The summed E-state index contributed by atoms with van der Waals surface area (Å²) < 4.78 is 40.0. The Morgan fingerprint density at radius 3 is 2.42 bits per heavy atom. The van der Waals surface area contributed by atoms with Crippen LogP contribution in [-0.4, -0.2) is 41.7 Å².